The predicted molar refractivity (Wildman–Crippen MR) is 138 cm³/mol. The summed E-state index contributed by atoms with van der Waals surface area (Å²) >= 11 is 0.976. The van der Waals surface area contributed by atoms with Gasteiger partial charge < -0.3 is 24.8 Å². The van der Waals surface area contributed by atoms with Crippen LogP contribution in [0.2, 0.25) is 0 Å². The Labute approximate surface area is 217 Å². The van der Waals surface area contributed by atoms with Crippen LogP contribution in [0.15, 0.2) is 24.3 Å². The van der Waals surface area contributed by atoms with Crippen molar-refractivity contribution in [3.8, 4) is 5.75 Å². The van der Waals surface area contributed by atoms with Gasteiger partial charge in [0.2, 0.25) is 11.8 Å². The van der Waals surface area contributed by atoms with Crippen molar-refractivity contribution in [2.45, 2.75) is 70.7 Å². The Bertz CT molecular complexity index is 898. The van der Waals surface area contributed by atoms with E-state index in [0.29, 0.717) is 38.4 Å². The van der Waals surface area contributed by atoms with Gasteiger partial charge in [0.15, 0.2) is 5.12 Å². The molecule has 1 aliphatic heterocycles. The van der Waals surface area contributed by atoms with Crippen molar-refractivity contribution < 1.29 is 33.4 Å². The maximum atomic E-state index is 13.2. The van der Waals surface area contributed by atoms with E-state index in [0.717, 1.165) is 17.3 Å². The summed E-state index contributed by atoms with van der Waals surface area (Å²) in [6, 6.07) is 6.32. The Balaban J connectivity index is 2.12. The third-order valence-electron chi connectivity index (χ3n) is 5.80. The zero-order valence-electron chi connectivity index (χ0n) is 21.8. The number of amides is 2. The Morgan fingerprint density at radius 3 is 2.28 bits per heavy atom. The molecule has 1 fully saturated rings. The van der Waals surface area contributed by atoms with Crippen LogP contribution in [-0.4, -0.2) is 66.2 Å². The van der Waals surface area contributed by atoms with Gasteiger partial charge in [-0.15, -0.1) is 0 Å². The first-order valence-electron chi connectivity index (χ1n) is 12.3. The Morgan fingerprint density at radius 2 is 1.72 bits per heavy atom. The van der Waals surface area contributed by atoms with Gasteiger partial charge in [-0.25, -0.2) is 4.79 Å². The smallest absolute Gasteiger partial charge is 0.328 e. The lowest BCUT2D eigenvalue weighted by molar-refractivity contribution is -0.148. The van der Waals surface area contributed by atoms with Gasteiger partial charge in [-0.05, 0) is 64.2 Å². The molecule has 1 heterocycles. The number of hydrogen-bond acceptors (Lipinski definition) is 8. The number of esters is 1. The van der Waals surface area contributed by atoms with Crippen molar-refractivity contribution >= 4 is 34.7 Å². The van der Waals surface area contributed by atoms with Crippen molar-refractivity contribution in [1.82, 2.24) is 10.6 Å². The minimum Gasteiger partial charge on any atom is -0.494 e. The van der Waals surface area contributed by atoms with Gasteiger partial charge in [0, 0.05) is 26.6 Å². The molecule has 1 saturated heterocycles. The van der Waals surface area contributed by atoms with Gasteiger partial charge in [0.05, 0.1) is 18.5 Å². The fourth-order valence-corrected chi connectivity index (χ4v) is 4.88. The molecule has 1 aromatic carbocycles. The van der Waals surface area contributed by atoms with Crippen LogP contribution < -0.4 is 15.4 Å². The molecule has 0 aromatic heterocycles. The normalized spacial score (nSPS) is 15.9. The highest BCUT2D eigenvalue weighted by Crippen LogP contribution is 2.29. The summed E-state index contributed by atoms with van der Waals surface area (Å²) < 4.78 is 16.0. The summed E-state index contributed by atoms with van der Waals surface area (Å²) in [4.78, 5) is 50.9. The van der Waals surface area contributed by atoms with Crippen LogP contribution in [0.25, 0.3) is 0 Å². The first-order chi connectivity index (χ1) is 17.1. The number of nitrogens with one attached hydrogen (secondary N) is 2. The molecular weight excluding hydrogens is 484 g/mol. The minimum absolute atomic E-state index is 0.0292. The first kappa shape index (κ1) is 29.6. The van der Waals surface area contributed by atoms with Crippen LogP contribution in [0.1, 0.15) is 53.0 Å². The van der Waals surface area contributed by atoms with Gasteiger partial charge >= 0.3 is 5.97 Å². The molecule has 0 spiro atoms. The molecule has 0 aliphatic carbocycles. The van der Waals surface area contributed by atoms with Crippen molar-refractivity contribution in [2.75, 3.05) is 26.4 Å². The molecule has 2 rings (SSSR count). The Morgan fingerprint density at radius 1 is 1.08 bits per heavy atom. The summed E-state index contributed by atoms with van der Waals surface area (Å²) in [5.74, 6) is -0.795. The van der Waals surface area contributed by atoms with Gasteiger partial charge in [-0.3, -0.25) is 14.4 Å². The second-order valence-electron chi connectivity index (χ2n) is 9.15. The van der Waals surface area contributed by atoms with Gasteiger partial charge in [-0.2, -0.15) is 0 Å². The van der Waals surface area contributed by atoms with Gasteiger partial charge in [0.1, 0.15) is 17.3 Å². The third kappa shape index (κ3) is 9.13. The van der Waals surface area contributed by atoms with Crippen LogP contribution in [0, 0.1) is 5.92 Å². The summed E-state index contributed by atoms with van der Waals surface area (Å²) in [6.07, 6.45) is 1.54. The molecule has 9 nitrogen and oxygen atoms in total. The summed E-state index contributed by atoms with van der Waals surface area (Å²) in [5.41, 5.74) is -0.516. The minimum atomic E-state index is -1.33. The van der Waals surface area contributed by atoms with E-state index in [2.05, 4.69) is 10.6 Å². The molecule has 0 saturated carbocycles. The van der Waals surface area contributed by atoms with Crippen LogP contribution in [0.5, 0.6) is 5.75 Å². The van der Waals surface area contributed by atoms with E-state index in [1.807, 2.05) is 19.1 Å². The molecule has 2 amide bonds. The van der Waals surface area contributed by atoms with Crippen molar-refractivity contribution in [1.29, 1.82) is 0 Å². The fraction of sp³-hybridized carbons (Fsp3) is 0.615. The highest BCUT2D eigenvalue weighted by molar-refractivity contribution is 8.14. The average molecular weight is 523 g/mol. The van der Waals surface area contributed by atoms with Crippen LogP contribution in [0.3, 0.4) is 0 Å². The monoisotopic (exact) mass is 522 g/mol. The number of ether oxygens (including phenoxy) is 3. The lowest BCUT2D eigenvalue weighted by Crippen LogP contribution is -2.60. The van der Waals surface area contributed by atoms with Crippen molar-refractivity contribution in [2.24, 2.45) is 5.92 Å². The van der Waals surface area contributed by atoms with Crippen LogP contribution in [-0.2, 0) is 35.1 Å². The lowest BCUT2D eigenvalue weighted by Gasteiger charge is -2.32. The van der Waals surface area contributed by atoms with Crippen molar-refractivity contribution in [3.05, 3.63) is 29.8 Å². The number of carbonyl (C=O) groups excluding carboxylic acids is 4. The average Bonchev–Trinajstić information content (AvgIpc) is 2.83. The number of benzene rings is 1. The summed E-state index contributed by atoms with van der Waals surface area (Å²) in [6.45, 7) is 9.93. The number of thioether (sulfide) groups is 1. The molecule has 2 atom stereocenters. The SMILES string of the molecule is CCOC(=O)[C@H](Cc1ccc(OCC)cc1)NC(=O)C(C)(C)NC(=O)[C@@H](SC(C)=O)C1CCOCC1. The topological polar surface area (TPSA) is 120 Å². The lowest BCUT2D eigenvalue weighted by atomic mass is 9.94. The number of carbonyl (C=O) groups is 4. The van der Waals surface area contributed by atoms with E-state index in [1.54, 1.807) is 32.9 Å². The molecule has 36 heavy (non-hydrogen) atoms. The maximum Gasteiger partial charge on any atom is 0.328 e. The molecule has 10 heteroatoms. The fourth-order valence-electron chi connectivity index (χ4n) is 3.90. The van der Waals surface area contributed by atoms with E-state index in [-0.39, 0.29) is 30.0 Å². The zero-order chi connectivity index (χ0) is 26.7. The summed E-state index contributed by atoms with van der Waals surface area (Å²) in [5, 5.41) is 4.74. The van der Waals surface area contributed by atoms with E-state index in [9.17, 15) is 19.2 Å². The molecule has 0 unspecified atom stereocenters. The highest BCUT2D eigenvalue weighted by atomic mass is 32.2. The molecule has 200 valence electrons. The largest absolute Gasteiger partial charge is 0.494 e. The quantitative estimate of drug-likeness (QED) is 0.402. The molecule has 1 aliphatic rings. The third-order valence-corrected chi connectivity index (χ3v) is 6.98. The van der Waals surface area contributed by atoms with Gasteiger partial charge in [-0.1, -0.05) is 23.9 Å². The molecule has 1 aromatic rings. The molecule has 0 bridgehead atoms. The second-order valence-corrected chi connectivity index (χ2v) is 10.5. The predicted octanol–water partition coefficient (Wildman–Crippen LogP) is 2.65. The standard InChI is InChI=1S/C26H38N2O7S/c1-6-34-20-10-8-18(9-11-20)16-21(24(31)35-7-2)27-25(32)26(4,5)28-23(30)22(36-17(3)29)19-12-14-33-15-13-19/h8-11,19,21-22H,6-7,12-16H2,1-5H3,(H,27,32)(H,28,30)/t21-,22-/m0/s1. The van der Waals surface area contributed by atoms with E-state index >= 15 is 0 Å². The van der Waals surface area contributed by atoms with Crippen molar-refractivity contribution in [3.63, 3.8) is 0 Å². The number of rotatable bonds is 12. The Kier molecular flexibility index (Phi) is 11.7. The summed E-state index contributed by atoms with van der Waals surface area (Å²) in [7, 11) is 0. The van der Waals surface area contributed by atoms with Crippen LogP contribution in [0.4, 0.5) is 0 Å². The Hall–Kier alpha value is -2.59. The van der Waals surface area contributed by atoms with Gasteiger partial charge in [0.25, 0.3) is 0 Å². The first-order valence-corrected chi connectivity index (χ1v) is 13.2. The maximum absolute atomic E-state index is 13.2. The highest BCUT2D eigenvalue weighted by Gasteiger charge is 2.38. The molecule has 2 N–H and O–H groups in total. The number of hydrogen-bond donors (Lipinski definition) is 2. The zero-order valence-corrected chi connectivity index (χ0v) is 22.6. The second kappa shape index (κ2) is 14.2. The van der Waals surface area contributed by atoms with E-state index in [4.69, 9.17) is 14.2 Å². The van der Waals surface area contributed by atoms with E-state index < -0.39 is 28.7 Å². The van der Waals surface area contributed by atoms with Crippen LogP contribution >= 0.6 is 11.8 Å². The molecule has 0 radical (unpaired) electrons. The molecular formula is C26H38N2O7S. The van der Waals surface area contributed by atoms with E-state index in [1.165, 1.54) is 6.92 Å².